The van der Waals surface area contributed by atoms with Crippen LogP contribution in [0.5, 0.6) is 5.75 Å². The summed E-state index contributed by atoms with van der Waals surface area (Å²) in [5.41, 5.74) is 6.44. The molecule has 1 aliphatic rings. The summed E-state index contributed by atoms with van der Waals surface area (Å²) in [6.07, 6.45) is 3.97. The van der Waals surface area contributed by atoms with Crippen molar-refractivity contribution in [2.75, 3.05) is 12.3 Å². The lowest BCUT2D eigenvalue weighted by Gasteiger charge is -2.25. The number of nitrogen functional groups attached to an aromatic ring is 1. The predicted octanol–water partition coefficient (Wildman–Crippen LogP) is 3.21. The Bertz CT molecular complexity index is 303. The third kappa shape index (κ3) is 2.41. The number of hydrogen-bond donors (Lipinski definition) is 1. The van der Waals surface area contributed by atoms with Crippen LogP contribution in [0.25, 0.3) is 0 Å². The van der Waals surface area contributed by atoms with Crippen molar-refractivity contribution >= 4 is 21.6 Å². The highest BCUT2D eigenvalue weighted by Crippen LogP contribution is 2.28. The van der Waals surface area contributed by atoms with Gasteiger partial charge in [-0.3, -0.25) is 0 Å². The van der Waals surface area contributed by atoms with Crippen molar-refractivity contribution < 1.29 is 4.74 Å². The first-order valence-corrected chi connectivity index (χ1v) is 5.72. The molecule has 2 nitrogen and oxygen atoms in total. The number of benzene rings is 1. The van der Waals surface area contributed by atoms with Gasteiger partial charge in [-0.1, -0.05) is 22.4 Å². The molecule has 0 aliphatic heterocycles. The van der Waals surface area contributed by atoms with Crippen LogP contribution in [0.1, 0.15) is 19.3 Å². The summed E-state index contributed by atoms with van der Waals surface area (Å²) in [7, 11) is 0. The molecule has 3 heteroatoms. The largest absolute Gasteiger partial charge is 0.493 e. The molecule has 1 aromatic rings. The smallest absolute Gasteiger partial charge is 0.122 e. The van der Waals surface area contributed by atoms with Crippen LogP contribution in [0.3, 0.4) is 0 Å². The number of ether oxygens (including phenoxy) is 1. The molecule has 2 rings (SSSR count). The van der Waals surface area contributed by atoms with E-state index in [0.717, 1.165) is 28.4 Å². The van der Waals surface area contributed by atoms with Gasteiger partial charge in [-0.15, -0.1) is 0 Å². The standard InChI is InChI=1S/C11H14BrNO/c12-9-4-10(13)6-11(5-9)14-7-8-2-1-3-8/h4-6,8H,1-3,7,13H2. The van der Waals surface area contributed by atoms with E-state index in [-0.39, 0.29) is 0 Å². The molecule has 0 atom stereocenters. The van der Waals surface area contributed by atoms with Gasteiger partial charge in [-0.05, 0) is 30.9 Å². The maximum Gasteiger partial charge on any atom is 0.122 e. The zero-order valence-corrected chi connectivity index (χ0v) is 9.59. The summed E-state index contributed by atoms with van der Waals surface area (Å²) >= 11 is 3.39. The van der Waals surface area contributed by atoms with Crippen LogP contribution in [-0.2, 0) is 0 Å². The van der Waals surface area contributed by atoms with Gasteiger partial charge in [-0.25, -0.2) is 0 Å². The van der Waals surface area contributed by atoms with Crippen LogP contribution in [0, 0.1) is 5.92 Å². The van der Waals surface area contributed by atoms with Crippen molar-refractivity contribution in [1.82, 2.24) is 0 Å². The summed E-state index contributed by atoms with van der Waals surface area (Å²) in [5, 5.41) is 0. The van der Waals surface area contributed by atoms with E-state index >= 15 is 0 Å². The summed E-state index contributed by atoms with van der Waals surface area (Å²) in [6.45, 7) is 0.829. The Morgan fingerprint density at radius 2 is 2.14 bits per heavy atom. The lowest BCUT2D eigenvalue weighted by molar-refractivity contribution is 0.180. The minimum absolute atomic E-state index is 0.739. The summed E-state index contributed by atoms with van der Waals surface area (Å²) < 4.78 is 6.63. The van der Waals surface area contributed by atoms with E-state index in [1.54, 1.807) is 0 Å². The normalized spacial score (nSPS) is 16.4. The third-order valence-electron chi connectivity index (χ3n) is 2.60. The third-order valence-corrected chi connectivity index (χ3v) is 3.06. The highest BCUT2D eigenvalue weighted by atomic mass is 79.9. The quantitative estimate of drug-likeness (QED) is 0.843. The van der Waals surface area contributed by atoms with E-state index in [4.69, 9.17) is 10.5 Å². The molecule has 0 radical (unpaired) electrons. The van der Waals surface area contributed by atoms with Gasteiger partial charge in [0, 0.05) is 16.2 Å². The molecule has 1 aromatic carbocycles. The van der Waals surface area contributed by atoms with E-state index in [1.807, 2.05) is 18.2 Å². The molecule has 0 aromatic heterocycles. The van der Waals surface area contributed by atoms with E-state index < -0.39 is 0 Å². The molecule has 0 amide bonds. The van der Waals surface area contributed by atoms with Crippen molar-refractivity contribution in [2.45, 2.75) is 19.3 Å². The van der Waals surface area contributed by atoms with Crippen LogP contribution in [-0.4, -0.2) is 6.61 Å². The Morgan fingerprint density at radius 3 is 2.71 bits per heavy atom. The molecule has 1 saturated carbocycles. The highest BCUT2D eigenvalue weighted by Gasteiger charge is 2.17. The minimum Gasteiger partial charge on any atom is -0.493 e. The van der Waals surface area contributed by atoms with E-state index in [1.165, 1.54) is 19.3 Å². The fourth-order valence-corrected chi connectivity index (χ4v) is 2.03. The van der Waals surface area contributed by atoms with Gasteiger partial charge < -0.3 is 10.5 Å². The van der Waals surface area contributed by atoms with Gasteiger partial charge in [-0.2, -0.15) is 0 Å². The second kappa shape index (κ2) is 4.22. The van der Waals surface area contributed by atoms with Crippen molar-refractivity contribution in [3.8, 4) is 5.75 Å². The molecular weight excluding hydrogens is 242 g/mol. The Morgan fingerprint density at radius 1 is 1.36 bits per heavy atom. The molecule has 14 heavy (non-hydrogen) atoms. The molecule has 76 valence electrons. The number of halogens is 1. The van der Waals surface area contributed by atoms with Crippen molar-refractivity contribution in [3.63, 3.8) is 0 Å². The maximum atomic E-state index is 5.70. The van der Waals surface area contributed by atoms with Crippen molar-refractivity contribution in [2.24, 2.45) is 5.92 Å². The van der Waals surface area contributed by atoms with Crippen molar-refractivity contribution in [1.29, 1.82) is 0 Å². The predicted molar refractivity (Wildman–Crippen MR) is 61.4 cm³/mol. The summed E-state index contributed by atoms with van der Waals surface area (Å²) in [4.78, 5) is 0. The molecule has 1 aliphatic carbocycles. The molecule has 0 spiro atoms. The molecular formula is C11H14BrNO. The van der Waals surface area contributed by atoms with Gasteiger partial charge in [0.1, 0.15) is 5.75 Å². The second-order valence-corrected chi connectivity index (χ2v) is 4.74. The SMILES string of the molecule is Nc1cc(Br)cc(OCC2CCC2)c1. The van der Waals surface area contributed by atoms with Crippen molar-refractivity contribution in [3.05, 3.63) is 22.7 Å². The van der Waals surface area contributed by atoms with E-state index in [9.17, 15) is 0 Å². The van der Waals surface area contributed by atoms with Gasteiger partial charge in [0.05, 0.1) is 6.61 Å². The van der Waals surface area contributed by atoms with Gasteiger partial charge in [0.25, 0.3) is 0 Å². The van der Waals surface area contributed by atoms with Crippen LogP contribution < -0.4 is 10.5 Å². The fourth-order valence-electron chi connectivity index (χ4n) is 1.54. The lowest BCUT2D eigenvalue weighted by atomic mass is 9.86. The number of hydrogen-bond acceptors (Lipinski definition) is 2. The first kappa shape index (κ1) is 9.84. The lowest BCUT2D eigenvalue weighted by Crippen LogP contribution is -2.19. The molecule has 0 saturated heterocycles. The van der Waals surface area contributed by atoms with E-state index in [2.05, 4.69) is 15.9 Å². The van der Waals surface area contributed by atoms with Gasteiger partial charge in [0.15, 0.2) is 0 Å². The molecule has 0 heterocycles. The second-order valence-electron chi connectivity index (χ2n) is 3.83. The first-order valence-electron chi connectivity index (χ1n) is 4.93. The van der Waals surface area contributed by atoms with Crippen LogP contribution in [0.4, 0.5) is 5.69 Å². The van der Waals surface area contributed by atoms with Crippen LogP contribution in [0.2, 0.25) is 0 Å². The topological polar surface area (TPSA) is 35.2 Å². The Balaban J connectivity index is 1.94. The van der Waals surface area contributed by atoms with Crippen LogP contribution >= 0.6 is 15.9 Å². The molecule has 0 unspecified atom stereocenters. The number of anilines is 1. The minimum atomic E-state index is 0.739. The van der Waals surface area contributed by atoms with Gasteiger partial charge >= 0.3 is 0 Å². The van der Waals surface area contributed by atoms with Crippen LogP contribution in [0.15, 0.2) is 22.7 Å². The summed E-state index contributed by atoms with van der Waals surface area (Å²) in [6, 6.07) is 5.69. The Kier molecular flexibility index (Phi) is 2.96. The zero-order chi connectivity index (χ0) is 9.97. The maximum absolute atomic E-state index is 5.70. The average molecular weight is 256 g/mol. The monoisotopic (exact) mass is 255 g/mol. The highest BCUT2D eigenvalue weighted by molar-refractivity contribution is 9.10. The molecule has 0 bridgehead atoms. The van der Waals surface area contributed by atoms with E-state index in [0.29, 0.717) is 0 Å². The molecule has 1 fully saturated rings. The fraction of sp³-hybridized carbons (Fsp3) is 0.455. The molecule has 2 N–H and O–H groups in total. The first-order chi connectivity index (χ1) is 6.74. The number of rotatable bonds is 3. The van der Waals surface area contributed by atoms with Gasteiger partial charge in [0.2, 0.25) is 0 Å². The Hall–Kier alpha value is -0.700. The summed E-state index contributed by atoms with van der Waals surface area (Å²) in [5.74, 6) is 1.62. The zero-order valence-electron chi connectivity index (χ0n) is 8.00. The number of nitrogens with two attached hydrogens (primary N) is 1. The average Bonchev–Trinajstić information content (AvgIpc) is 1.99. The Labute approximate surface area is 92.6 Å².